The highest BCUT2D eigenvalue weighted by molar-refractivity contribution is 5.39. The SMILES string of the molecule is COc1ccc(CN(Cc2cc(OC)ccc2O)CC2CCCO2)cc1. The summed E-state index contributed by atoms with van der Waals surface area (Å²) >= 11 is 0. The minimum atomic E-state index is 0.251. The molecular formula is C21H27NO4. The molecule has 0 aromatic heterocycles. The Labute approximate surface area is 155 Å². The minimum absolute atomic E-state index is 0.251. The van der Waals surface area contributed by atoms with Gasteiger partial charge in [0.15, 0.2) is 0 Å². The molecule has 2 aromatic rings. The lowest BCUT2D eigenvalue weighted by molar-refractivity contribution is 0.0676. The number of methoxy groups -OCH3 is 2. The summed E-state index contributed by atoms with van der Waals surface area (Å²) in [6.45, 7) is 3.09. The summed E-state index contributed by atoms with van der Waals surface area (Å²) < 4.78 is 16.4. The van der Waals surface area contributed by atoms with E-state index in [9.17, 15) is 5.11 Å². The van der Waals surface area contributed by atoms with E-state index in [4.69, 9.17) is 14.2 Å². The number of rotatable bonds is 8. The largest absolute Gasteiger partial charge is 0.508 e. The average Bonchev–Trinajstić information content (AvgIpc) is 3.17. The van der Waals surface area contributed by atoms with Gasteiger partial charge in [0, 0.05) is 31.8 Å². The van der Waals surface area contributed by atoms with Gasteiger partial charge >= 0.3 is 0 Å². The van der Waals surface area contributed by atoms with Crippen molar-refractivity contribution in [3.05, 3.63) is 53.6 Å². The van der Waals surface area contributed by atoms with Crippen molar-refractivity contribution < 1.29 is 19.3 Å². The Morgan fingerprint density at radius 3 is 2.42 bits per heavy atom. The average molecular weight is 357 g/mol. The van der Waals surface area contributed by atoms with Crippen LogP contribution in [0, 0.1) is 0 Å². The number of ether oxygens (including phenoxy) is 3. The number of phenols is 1. The maximum absolute atomic E-state index is 10.2. The maximum atomic E-state index is 10.2. The van der Waals surface area contributed by atoms with Crippen LogP contribution >= 0.6 is 0 Å². The van der Waals surface area contributed by atoms with Crippen molar-refractivity contribution >= 4 is 0 Å². The van der Waals surface area contributed by atoms with E-state index in [-0.39, 0.29) is 11.9 Å². The standard InChI is InChI=1S/C21H27NO4/c1-24-18-7-5-16(6-8-18)13-22(15-20-4-3-11-26-20)14-17-12-19(25-2)9-10-21(17)23/h5-10,12,20,23H,3-4,11,13-15H2,1-2H3. The molecule has 0 aliphatic carbocycles. The number of nitrogens with zero attached hydrogens (tertiary/aromatic N) is 1. The number of aromatic hydroxyl groups is 1. The minimum Gasteiger partial charge on any atom is -0.508 e. The predicted molar refractivity (Wildman–Crippen MR) is 101 cm³/mol. The quantitative estimate of drug-likeness (QED) is 0.782. The molecule has 0 amide bonds. The first-order valence-corrected chi connectivity index (χ1v) is 9.00. The van der Waals surface area contributed by atoms with Gasteiger partial charge in [0.2, 0.25) is 0 Å². The molecule has 2 aromatic carbocycles. The molecule has 140 valence electrons. The maximum Gasteiger partial charge on any atom is 0.120 e. The van der Waals surface area contributed by atoms with Crippen LogP contribution in [0.15, 0.2) is 42.5 Å². The second-order valence-electron chi connectivity index (χ2n) is 6.65. The van der Waals surface area contributed by atoms with Crippen LogP contribution in [0.25, 0.3) is 0 Å². The van der Waals surface area contributed by atoms with Crippen LogP contribution in [-0.2, 0) is 17.8 Å². The molecule has 1 saturated heterocycles. The summed E-state index contributed by atoms with van der Waals surface area (Å²) in [6.07, 6.45) is 2.45. The third-order valence-corrected chi connectivity index (χ3v) is 4.73. The summed E-state index contributed by atoms with van der Waals surface area (Å²) in [6, 6.07) is 13.5. The molecule has 1 aliphatic heterocycles. The topological polar surface area (TPSA) is 51.2 Å². The third kappa shape index (κ3) is 4.90. The van der Waals surface area contributed by atoms with Gasteiger partial charge in [-0.15, -0.1) is 0 Å². The highest BCUT2D eigenvalue weighted by Gasteiger charge is 2.20. The van der Waals surface area contributed by atoms with Crippen molar-refractivity contribution in [3.63, 3.8) is 0 Å². The highest BCUT2D eigenvalue weighted by Crippen LogP contribution is 2.26. The Balaban J connectivity index is 1.75. The van der Waals surface area contributed by atoms with Gasteiger partial charge in [0.1, 0.15) is 17.2 Å². The number of phenolic OH excluding ortho intramolecular Hbond substituents is 1. The fraction of sp³-hybridized carbons (Fsp3) is 0.429. The van der Waals surface area contributed by atoms with E-state index in [1.807, 2.05) is 18.2 Å². The first kappa shape index (κ1) is 18.5. The summed E-state index contributed by atoms with van der Waals surface area (Å²) in [5.41, 5.74) is 2.06. The molecular weight excluding hydrogens is 330 g/mol. The zero-order valence-corrected chi connectivity index (χ0v) is 15.5. The van der Waals surface area contributed by atoms with E-state index in [2.05, 4.69) is 17.0 Å². The van der Waals surface area contributed by atoms with Crippen molar-refractivity contribution in [3.8, 4) is 17.2 Å². The molecule has 1 fully saturated rings. The van der Waals surface area contributed by atoms with Crippen molar-refractivity contribution in [2.24, 2.45) is 0 Å². The number of hydrogen-bond acceptors (Lipinski definition) is 5. The zero-order chi connectivity index (χ0) is 18.4. The Morgan fingerprint density at radius 2 is 1.77 bits per heavy atom. The molecule has 26 heavy (non-hydrogen) atoms. The van der Waals surface area contributed by atoms with Gasteiger partial charge in [-0.2, -0.15) is 0 Å². The molecule has 0 bridgehead atoms. The smallest absolute Gasteiger partial charge is 0.120 e. The van der Waals surface area contributed by atoms with Gasteiger partial charge in [-0.1, -0.05) is 12.1 Å². The normalized spacial score (nSPS) is 16.8. The fourth-order valence-corrected chi connectivity index (χ4v) is 3.31. The first-order chi connectivity index (χ1) is 12.7. The van der Waals surface area contributed by atoms with Crippen LogP contribution in [0.1, 0.15) is 24.0 Å². The monoisotopic (exact) mass is 357 g/mol. The van der Waals surface area contributed by atoms with Gasteiger partial charge in [-0.25, -0.2) is 0 Å². The Kier molecular flexibility index (Phi) is 6.36. The molecule has 1 N–H and O–H groups in total. The van der Waals surface area contributed by atoms with Crippen LogP contribution in [0.4, 0.5) is 0 Å². The molecule has 1 atom stereocenters. The van der Waals surface area contributed by atoms with Gasteiger partial charge in [0.25, 0.3) is 0 Å². The van der Waals surface area contributed by atoms with E-state index in [0.717, 1.165) is 49.6 Å². The highest BCUT2D eigenvalue weighted by atomic mass is 16.5. The molecule has 0 saturated carbocycles. The second-order valence-corrected chi connectivity index (χ2v) is 6.65. The van der Waals surface area contributed by atoms with Crippen molar-refractivity contribution in [2.45, 2.75) is 32.0 Å². The molecule has 3 rings (SSSR count). The number of benzene rings is 2. The van der Waals surface area contributed by atoms with Crippen LogP contribution < -0.4 is 9.47 Å². The summed E-state index contributed by atoms with van der Waals surface area (Å²) in [4.78, 5) is 2.31. The molecule has 0 radical (unpaired) electrons. The summed E-state index contributed by atoms with van der Waals surface area (Å²) in [5.74, 6) is 1.89. The van der Waals surface area contributed by atoms with E-state index in [1.54, 1.807) is 26.4 Å². The van der Waals surface area contributed by atoms with Gasteiger partial charge in [-0.05, 0) is 48.7 Å². The number of hydrogen-bond donors (Lipinski definition) is 1. The summed E-state index contributed by atoms with van der Waals surface area (Å²) in [5, 5.41) is 10.2. The van der Waals surface area contributed by atoms with Gasteiger partial charge < -0.3 is 19.3 Å². The fourth-order valence-electron chi connectivity index (χ4n) is 3.31. The molecule has 1 heterocycles. The van der Waals surface area contributed by atoms with E-state index >= 15 is 0 Å². The third-order valence-electron chi connectivity index (χ3n) is 4.73. The molecule has 0 spiro atoms. The second kappa shape index (κ2) is 8.92. The van der Waals surface area contributed by atoms with Gasteiger partial charge in [-0.3, -0.25) is 4.90 Å². The van der Waals surface area contributed by atoms with Crippen LogP contribution in [0.3, 0.4) is 0 Å². The van der Waals surface area contributed by atoms with Crippen molar-refractivity contribution in [2.75, 3.05) is 27.4 Å². The Morgan fingerprint density at radius 1 is 1.04 bits per heavy atom. The summed E-state index contributed by atoms with van der Waals surface area (Å²) in [7, 11) is 3.31. The predicted octanol–water partition coefficient (Wildman–Crippen LogP) is 3.59. The lowest BCUT2D eigenvalue weighted by Crippen LogP contribution is -2.31. The molecule has 5 heteroatoms. The van der Waals surface area contributed by atoms with Crippen molar-refractivity contribution in [1.29, 1.82) is 0 Å². The Hall–Kier alpha value is -2.24. The van der Waals surface area contributed by atoms with E-state index in [1.165, 1.54) is 5.56 Å². The first-order valence-electron chi connectivity index (χ1n) is 9.00. The zero-order valence-electron chi connectivity index (χ0n) is 15.5. The van der Waals surface area contributed by atoms with Crippen LogP contribution in [-0.4, -0.2) is 43.5 Å². The lowest BCUT2D eigenvalue weighted by atomic mass is 10.1. The van der Waals surface area contributed by atoms with E-state index < -0.39 is 0 Å². The lowest BCUT2D eigenvalue weighted by Gasteiger charge is -2.26. The molecule has 1 aliphatic rings. The van der Waals surface area contributed by atoms with Crippen LogP contribution in [0.2, 0.25) is 0 Å². The molecule has 5 nitrogen and oxygen atoms in total. The van der Waals surface area contributed by atoms with Gasteiger partial charge in [0.05, 0.1) is 20.3 Å². The van der Waals surface area contributed by atoms with E-state index in [0.29, 0.717) is 6.54 Å². The molecule has 1 unspecified atom stereocenters. The van der Waals surface area contributed by atoms with Crippen molar-refractivity contribution in [1.82, 2.24) is 4.90 Å². The Bertz CT molecular complexity index is 696. The van der Waals surface area contributed by atoms with Crippen LogP contribution in [0.5, 0.6) is 17.2 Å².